The molecule has 22 heavy (non-hydrogen) atoms. The van der Waals surface area contributed by atoms with E-state index in [-0.39, 0.29) is 0 Å². The zero-order valence-electron chi connectivity index (χ0n) is 11.7. The van der Waals surface area contributed by atoms with E-state index in [0.29, 0.717) is 16.9 Å². The van der Waals surface area contributed by atoms with Gasteiger partial charge in [0.25, 0.3) is 0 Å². The van der Waals surface area contributed by atoms with Gasteiger partial charge in [0, 0.05) is 18.5 Å². The molecule has 0 fully saturated rings. The summed E-state index contributed by atoms with van der Waals surface area (Å²) in [5.41, 5.74) is 3.90. The maximum Gasteiger partial charge on any atom is 0.141 e. The summed E-state index contributed by atoms with van der Waals surface area (Å²) in [6, 6.07) is 5.81. The molecule has 0 N–H and O–H groups in total. The minimum atomic E-state index is 0.361. The topological polar surface area (TPSA) is 48.0 Å². The first kappa shape index (κ1) is 13.5. The SMILES string of the molecule is Cc1cn2cc(Cn3ncc4c(Cl)nc(Cl)cc43)ccc2n1. The van der Waals surface area contributed by atoms with Crippen molar-refractivity contribution < 1.29 is 0 Å². The van der Waals surface area contributed by atoms with E-state index in [1.54, 1.807) is 12.3 Å². The number of halogens is 2. The third-order valence-corrected chi connectivity index (χ3v) is 4.01. The molecule has 0 amide bonds. The van der Waals surface area contributed by atoms with Gasteiger partial charge >= 0.3 is 0 Å². The lowest BCUT2D eigenvalue weighted by Gasteiger charge is -2.05. The Labute approximate surface area is 136 Å². The van der Waals surface area contributed by atoms with Gasteiger partial charge in [-0.15, -0.1) is 0 Å². The third-order valence-electron chi connectivity index (χ3n) is 3.53. The molecule has 0 atom stereocenters. The molecule has 0 aliphatic heterocycles. The molecular weight excluding hydrogens is 321 g/mol. The van der Waals surface area contributed by atoms with E-state index in [2.05, 4.69) is 15.1 Å². The van der Waals surface area contributed by atoms with E-state index < -0.39 is 0 Å². The van der Waals surface area contributed by atoms with Crippen molar-refractivity contribution >= 4 is 39.8 Å². The van der Waals surface area contributed by atoms with Gasteiger partial charge in [-0.2, -0.15) is 5.10 Å². The fraction of sp³-hybridized carbons (Fsp3) is 0.133. The van der Waals surface area contributed by atoms with E-state index in [9.17, 15) is 0 Å². The zero-order chi connectivity index (χ0) is 15.3. The minimum absolute atomic E-state index is 0.361. The first-order valence-corrected chi connectivity index (χ1v) is 7.47. The number of pyridine rings is 2. The Bertz CT molecular complexity index is 1000. The van der Waals surface area contributed by atoms with Crippen LogP contribution in [0, 0.1) is 6.92 Å². The summed E-state index contributed by atoms with van der Waals surface area (Å²) in [6.07, 6.45) is 5.76. The van der Waals surface area contributed by atoms with Crippen LogP contribution in [0.2, 0.25) is 10.3 Å². The van der Waals surface area contributed by atoms with E-state index in [4.69, 9.17) is 23.2 Å². The second-order valence-electron chi connectivity index (χ2n) is 5.16. The van der Waals surface area contributed by atoms with E-state index in [1.807, 2.05) is 40.5 Å². The lowest BCUT2D eigenvalue weighted by atomic mass is 10.2. The van der Waals surface area contributed by atoms with E-state index in [1.165, 1.54) is 0 Å². The molecule has 4 rings (SSSR count). The first-order valence-electron chi connectivity index (χ1n) is 6.72. The summed E-state index contributed by atoms with van der Waals surface area (Å²) in [4.78, 5) is 8.45. The maximum atomic E-state index is 6.10. The minimum Gasteiger partial charge on any atom is -0.306 e. The average Bonchev–Trinajstić information content (AvgIpc) is 3.02. The molecular formula is C15H11Cl2N5. The van der Waals surface area contributed by atoms with Gasteiger partial charge in [-0.05, 0) is 18.6 Å². The molecule has 7 heteroatoms. The summed E-state index contributed by atoms with van der Waals surface area (Å²) in [5, 5.41) is 5.91. The summed E-state index contributed by atoms with van der Waals surface area (Å²) in [5.74, 6) is 0. The van der Waals surface area contributed by atoms with Crippen LogP contribution < -0.4 is 0 Å². The van der Waals surface area contributed by atoms with Crippen molar-refractivity contribution in [1.82, 2.24) is 24.1 Å². The van der Waals surface area contributed by atoms with Gasteiger partial charge in [-0.1, -0.05) is 29.3 Å². The lowest BCUT2D eigenvalue weighted by molar-refractivity contribution is 0.709. The molecule has 0 saturated heterocycles. The standard InChI is InChI=1S/C15H11Cl2N5/c1-9-6-21-7-10(2-3-14(21)19-9)8-22-12-4-13(16)20-15(17)11(12)5-18-22/h2-7H,8H2,1H3. The number of hydrogen-bond acceptors (Lipinski definition) is 3. The average molecular weight is 332 g/mol. The smallest absolute Gasteiger partial charge is 0.141 e. The van der Waals surface area contributed by atoms with Gasteiger partial charge in [-0.3, -0.25) is 4.68 Å². The number of fused-ring (bicyclic) bond motifs is 2. The van der Waals surface area contributed by atoms with Crippen LogP contribution >= 0.6 is 23.2 Å². The lowest BCUT2D eigenvalue weighted by Crippen LogP contribution is -2.02. The molecule has 0 radical (unpaired) electrons. The number of aromatic nitrogens is 5. The highest BCUT2D eigenvalue weighted by atomic mass is 35.5. The Kier molecular flexibility index (Phi) is 3.06. The van der Waals surface area contributed by atoms with Crippen LogP contribution in [0.15, 0.2) is 36.8 Å². The number of imidazole rings is 1. The highest BCUT2D eigenvalue weighted by Gasteiger charge is 2.10. The second-order valence-corrected chi connectivity index (χ2v) is 5.90. The van der Waals surface area contributed by atoms with Crippen molar-refractivity contribution in [3.05, 3.63) is 58.4 Å². The molecule has 4 heterocycles. The quantitative estimate of drug-likeness (QED) is 0.525. The molecule has 0 spiro atoms. The number of hydrogen-bond donors (Lipinski definition) is 0. The zero-order valence-corrected chi connectivity index (χ0v) is 13.2. The Balaban J connectivity index is 1.78. The van der Waals surface area contributed by atoms with Crippen LogP contribution in [0.3, 0.4) is 0 Å². The van der Waals surface area contributed by atoms with Gasteiger partial charge in [0.15, 0.2) is 0 Å². The first-order chi connectivity index (χ1) is 10.6. The van der Waals surface area contributed by atoms with Crippen molar-refractivity contribution in [1.29, 1.82) is 0 Å². The van der Waals surface area contributed by atoms with Crippen molar-refractivity contribution in [2.45, 2.75) is 13.5 Å². The number of nitrogens with zero attached hydrogens (tertiary/aromatic N) is 5. The van der Waals surface area contributed by atoms with Crippen molar-refractivity contribution in [2.24, 2.45) is 0 Å². The molecule has 0 unspecified atom stereocenters. The van der Waals surface area contributed by atoms with Gasteiger partial charge in [-0.25, -0.2) is 9.97 Å². The third kappa shape index (κ3) is 2.23. The van der Waals surface area contributed by atoms with Gasteiger partial charge < -0.3 is 4.40 Å². The largest absolute Gasteiger partial charge is 0.306 e. The normalized spacial score (nSPS) is 11.6. The monoisotopic (exact) mass is 331 g/mol. The summed E-state index contributed by atoms with van der Waals surface area (Å²) >= 11 is 12.1. The van der Waals surface area contributed by atoms with E-state index >= 15 is 0 Å². The Morgan fingerprint density at radius 1 is 1.14 bits per heavy atom. The Morgan fingerprint density at radius 3 is 2.86 bits per heavy atom. The Morgan fingerprint density at radius 2 is 2.00 bits per heavy atom. The molecule has 0 bridgehead atoms. The van der Waals surface area contributed by atoms with Crippen LogP contribution in [0.5, 0.6) is 0 Å². The van der Waals surface area contributed by atoms with Gasteiger partial charge in [0.2, 0.25) is 0 Å². The molecule has 0 aliphatic rings. The fourth-order valence-corrected chi connectivity index (χ4v) is 3.03. The highest BCUT2D eigenvalue weighted by molar-refractivity contribution is 6.36. The Hall–Kier alpha value is -2.11. The van der Waals surface area contributed by atoms with Gasteiger partial charge in [0.1, 0.15) is 16.0 Å². The summed E-state index contributed by atoms with van der Waals surface area (Å²) in [6.45, 7) is 2.60. The number of rotatable bonds is 2. The molecule has 5 nitrogen and oxygen atoms in total. The van der Waals surface area contributed by atoms with Crippen molar-refractivity contribution in [3.8, 4) is 0 Å². The van der Waals surface area contributed by atoms with Gasteiger partial charge in [0.05, 0.1) is 29.3 Å². The molecule has 4 aromatic rings. The predicted octanol–water partition coefficient (Wildman–Crippen LogP) is 3.74. The molecule has 0 aliphatic carbocycles. The molecule has 4 aromatic heterocycles. The number of aryl methyl sites for hydroxylation is 1. The van der Waals surface area contributed by atoms with Crippen LogP contribution in [0.4, 0.5) is 0 Å². The summed E-state index contributed by atoms with van der Waals surface area (Å²) in [7, 11) is 0. The predicted molar refractivity (Wildman–Crippen MR) is 86.6 cm³/mol. The second kappa shape index (κ2) is 4.97. The molecule has 110 valence electrons. The van der Waals surface area contributed by atoms with E-state index in [0.717, 1.165) is 27.8 Å². The maximum absolute atomic E-state index is 6.10. The summed E-state index contributed by atoms with van der Waals surface area (Å²) < 4.78 is 3.87. The molecule has 0 aromatic carbocycles. The van der Waals surface area contributed by atoms with Crippen molar-refractivity contribution in [2.75, 3.05) is 0 Å². The van der Waals surface area contributed by atoms with Crippen LogP contribution in [0.25, 0.3) is 16.6 Å². The van der Waals surface area contributed by atoms with Crippen LogP contribution in [-0.2, 0) is 6.54 Å². The van der Waals surface area contributed by atoms with Crippen LogP contribution in [-0.4, -0.2) is 24.1 Å². The molecule has 0 saturated carbocycles. The highest BCUT2D eigenvalue weighted by Crippen LogP contribution is 2.25. The fourth-order valence-electron chi connectivity index (χ4n) is 2.56. The van der Waals surface area contributed by atoms with Crippen LogP contribution in [0.1, 0.15) is 11.3 Å². The van der Waals surface area contributed by atoms with Crippen molar-refractivity contribution in [3.63, 3.8) is 0 Å².